The second-order valence-electron chi connectivity index (χ2n) is 7.61. The average Bonchev–Trinajstić information content (AvgIpc) is 3.17. The molecule has 0 radical (unpaired) electrons. The van der Waals surface area contributed by atoms with Crippen LogP contribution in [0.1, 0.15) is 44.0 Å². The van der Waals surface area contributed by atoms with Gasteiger partial charge in [0.15, 0.2) is 6.61 Å². The van der Waals surface area contributed by atoms with Gasteiger partial charge in [0.05, 0.1) is 16.8 Å². The maximum Gasteiger partial charge on any atom is 0.262 e. The Hall–Kier alpha value is -3.72. The Labute approximate surface area is 188 Å². The molecule has 1 aromatic carbocycles. The molecule has 0 saturated heterocycles. The van der Waals surface area contributed by atoms with Gasteiger partial charge in [-0.15, -0.1) is 11.3 Å². The Balaban J connectivity index is 1.44. The monoisotopic (exact) mass is 448 g/mol. The highest BCUT2D eigenvalue weighted by Crippen LogP contribution is 2.39. The van der Waals surface area contributed by atoms with Crippen molar-refractivity contribution in [2.24, 2.45) is 0 Å². The zero-order valence-electron chi connectivity index (χ0n) is 17.1. The number of fused-ring (bicyclic) bond motifs is 2. The minimum absolute atomic E-state index is 0.0280. The van der Waals surface area contributed by atoms with Crippen LogP contribution >= 0.6 is 11.3 Å². The number of amides is 3. The van der Waals surface area contributed by atoms with E-state index in [-0.39, 0.29) is 24.3 Å². The molecule has 0 unspecified atom stereocenters. The second kappa shape index (κ2) is 8.43. The number of benzene rings is 1. The summed E-state index contributed by atoms with van der Waals surface area (Å²) in [7, 11) is 0. The number of hydrogen-bond acceptors (Lipinski definition) is 6. The summed E-state index contributed by atoms with van der Waals surface area (Å²) in [4.78, 5) is 42.8. The summed E-state index contributed by atoms with van der Waals surface area (Å²) in [5.74, 6) is -0.290. The molecule has 3 heterocycles. The number of pyridine rings is 1. The zero-order chi connectivity index (χ0) is 22.1. The van der Waals surface area contributed by atoms with Crippen LogP contribution in [0.4, 0.5) is 16.4 Å². The minimum atomic E-state index is -0.306. The summed E-state index contributed by atoms with van der Waals surface area (Å²) in [6.07, 6.45) is 6.85. The Morgan fingerprint density at radius 3 is 2.81 bits per heavy atom. The molecule has 1 aliphatic heterocycles. The molecular weight excluding hydrogens is 428 g/mol. The van der Waals surface area contributed by atoms with E-state index in [9.17, 15) is 14.4 Å². The molecule has 0 spiro atoms. The predicted molar refractivity (Wildman–Crippen MR) is 122 cm³/mol. The SMILES string of the molecule is O=C1COc2ccc(NC(=O)c3c(NC(=O)c4cccnc4)sc4c3CCCC4)cc2N1. The van der Waals surface area contributed by atoms with Crippen LogP contribution in [0.3, 0.4) is 0 Å². The van der Waals surface area contributed by atoms with Crippen LogP contribution in [-0.2, 0) is 17.6 Å². The molecule has 162 valence electrons. The van der Waals surface area contributed by atoms with Gasteiger partial charge in [0.2, 0.25) is 0 Å². The van der Waals surface area contributed by atoms with Crippen LogP contribution in [0, 0.1) is 0 Å². The van der Waals surface area contributed by atoms with Gasteiger partial charge in [0, 0.05) is 23.0 Å². The van der Waals surface area contributed by atoms with E-state index in [0.717, 1.165) is 36.1 Å². The molecule has 3 amide bonds. The third kappa shape index (κ3) is 3.94. The van der Waals surface area contributed by atoms with Crippen molar-refractivity contribution in [1.82, 2.24) is 4.98 Å². The number of nitrogens with one attached hydrogen (secondary N) is 3. The van der Waals surface area contributed by atoms with Gasteiger partial charge in [-0.05, 0) is 61.6 Å². The molecule has 8 nitrogen and oxygen atoms in total. The number of aryl methyl sites for hydroxylation is 1. The van der Waals surface area contributed by atoms with Gasteiger partial charge in [-0.3, -0.25) is 19.4 Å². The minimum Gasteiger partial charge on any atom is -0.482 e. The molecule has 0 saturated carbocycles. The Morgan fingerprint density at radius 2 is 1.97 bits per heavy atom. The third-order valence-corrected chi connectivity index (χ3v) is 6.63. The van der Waals surface area contributed by atoms with Gasteiger partial charge in [-0.2, -0.15) is 0 Å². The van der Waals surface area contributed by atoms with Crippen molar-refractivity contribution >= 4 is 45.4 Å². The lowest BCUT2D eigenvalue weighted by Crippen LogP contribution is -2.25. The average molecular weight is 449 g/mol. The number of thiophene rings is 1. The van der Waals surface area contributed by atoms with Gasteiger partial charge in [0.1, 0.15) is 10.8 Å². The van der Waals surface area contributed by atoms with E-state index in [1.165, 1.54) is 17.5 Å². The van der Waals surface area contributed by atoms with Gasteiger partial charge >= 0.3 is 0 Å². The fourth-order valence-electron chi connectivity index (χ4n) is 3.92. The normalized spacial score (nSPS) is 14.4. The van der Waals surface area contributed by atoms with E-state index >= 15 is 0 Å². The molecule has 0 bridgehead atoms. The van der Waals surface area contributed by atoms with E-state index in [2.05, 4.69) is 20.9 Å². The molecule has 2 aromatic heterocycles. The summed E-state index contributed by atoms with van der Waals surface area (Å²) in [5.41, 5.74) is 2.96. The standard InChI is InChI=1S/C23H20N4O4S/c28-19-12-31-17-8-7-14(10-16(17)26-19)25-22(30)20-15-5-1-2-6-18(15)32-23(20)27-21(29)13-4-3-9-24-11-13/h3-4,7-11H,1-2,5-6,12H2,(H,25,30)(H,26,28)(H,27,29). The highest BCUT2D eigenvalue weighted by Gasteiger charge is 2.27. The van der Waals surface area contributed by atoms with Crippen LogP contribution in [0.25, 0.3) is 0 Å². The molecule has 0 atom stereocenters. The summed E-state index contributed by atoms with van der Waals surface area (Å²) in [5, 5.41) is 9.10. The predicted octanol–water partition coefficient (Wildman–Crippen LogP) is 3.86. The first-order chi connectivity index (χ1) is 15.6. The van der Waals surface area contributed by atoms with Crippen LogP contribution in [0.15, 0.2) is 42.7 Å². The molecule has 3 N–H and O–H groups in total. The highest BCUT2D eigenvalue weighted by molar-refractivity contribution is 7.17. The summed E-state index contributed by atoms with van der Waals surface area (Å²) >= 11 is 1.46. The number of anilines is 3. The Kier molecular flexibility index (Phi) is 5.32. The first kappa shape index (κ1) is 20.2. The summed E-state index contributed by atoms with van der Waals surface area (Å²) < 4.78 is 5.37. The van der Waals surface area contributed by atoms with Gasteiger partial charge in [-0.25, -0.2) is 0 Å². The van der Waals surface area contributed by atoms with E-state index in [4.69, 9.17) is 4.74 Å². The Morgan fingerprint density at radius 1 is 1.09 bits per heavy atom. The number of rotatable bonds is 4. The van der Waals surface area contributed by atoms with Crippen LogP contribution in [-0.4, -0.2) is 29.3 Å². The van der Waals surface area contributed by atoms with Crippen molar-refractivity contribution in [1.29, 1.82) is 0 Å². The topological polar surface area (TPSA) is 109 Å². The van der Waals surface area contributed by atoms with Crippen LogP contribution in [0.5, 0.6) is 5.75 Å². The number of nitrogens with zero attached hydrogens (tertiary/aromatic N) is 1. The van der Waals surface area contributed by atoms with Crippen molar-refractivity contribution in [3.8, 4) is 5.75 Å². The van der Waals surface area contributed by atoms with Crippen molar-refractivity contribution in [3.05, 3.63) is 64.3 Å². The van der Waals surface area contributed by atoms with Gasteiger partial charge in [-0.1, -0.05) is 0 Å². The first-order valence-corrected chi connectivity index (χ1v) is 11.1. The fourth-order valence-corrected chi connectivity index (χ4v) is 5.20. The maximum absolute atomic E-state index is 13.3. The number of hydrogen-bond donors (Lipinski definition) is 3. The number of carbonyl (C=O) groups is 3. The highest BCUT2D eigenvalue weighted by atomic mass is 32.1. The lowest BCUT2D eigenvalue weighted by Gasteiger charge is -2.19. The summed E-state index contributed by atoms with van der Waals surface area (Å²) in [6, 6.07) is 8.47. The summed E-state index contributed by atoms with van der Waals surface area (Å²) in [6.45, 7) is -0.0280. The van der Waals surface area contributed by atoms with Gasteiger partial charge < -0.3 is 20.7 Å². The smallest absolute Gasteiger partial charge is 0.262 e. The molecule has 2 aliphatic rings. The molecule has 3 aromatic rings. The molecule has 9 heteroatoms. The first-order valence-electron chi connectivity index (χ1n) is 10.3. The molecule has 0 fully saturated rings. The number of ether oxygens (including phenoxy) is 1. The molecular formula is C23H20N4O4S. The molecule has 1 aliphatic carbocycles. The number of aromatic nitrogens is 1. The van der Waals surface area contributed by atoms with Crippen molar-refractivity contribution in [2.45, 2.75) is 25.7 Å². The lowest BCUT2D eigenvalue weighted by atomic mass is 9.95. The maximum atomic E-state index is 13.3. The van der Waals surface area contributed by atoms with Crippen molar-refractivity contribution < 1.29 is 19.1 Å². The molecule has 32 heavy (non-hydrogen) atoms. The third-order valence-electron chi connectivity index (χ3n) is 5.42. The van der Waals surface area contributed by atoms with Crippen molar-refractivity contribution in [3.63, 3.8) is 0 Å². The largest absolute Gasteiger partial charge is 0.482 e. The fraction of sp³-hybridized carbons (Fsp3) is 0.217. The molecule has 5 rings (SSSR count). The quantitative estimate of drug-likeness (QED) is 0.562. The lowest BCUT2D eigenvalue weighted by molar-refractivity contribution is -0.118. The van der Waals surface area contributed by atoms with E-state index in [1.54, 1.807) is 36.5 Å². The van der Waals surface area contributed by atoms with Crippen LogP contribution < -0.4 is 20.7 Å². The van der Waals surface area contributed by atoms with E-state index in [0.29, 0.717) is 33.3 Å². The van der Waals surface area contributed by atoms with Crippen LogP contribution in [0.2, 0.25) is 0 Å². The number of carbonyl (C=O) groups excluding carboxylic acids is 3. The Bertz CT molecular complexity index is 1220. The van der Waals surface area contributed by atoms with Gasteiger partial charge in [0.25, 0.3) is 17.7 Å². The zero-order valence-corrected chi connectivity index (χ0v) is 17.9. The van der Waals surface area contributed by atoms with E-state index in [1.807, 2.05) is 0 Å². The van der Waals surface area contributed by atoms with E-state index < -0.39 is 0 Å². The van der Waals surface area contributed by atoms with Crippen molar-refractivity contribution in [2.75, 3.05) is 22.6 Å². The second-order valence-corrected chi connectivity index (χ2v) is 8.72.